The van der Waals surface area contributed by atoms with Gasteiger partial charge in [0, 0.05) is 4.47 Å². The number of carbonyl (C=O) groups is 2. The summed E-state index contributed by atoms with van der Waals surface area (Å²) in [6, 6.07) is 7.03. The molecule has 0 atom stereocenters. The molecule has 2 N–H and O–H groups in total. The first-order chi connectivity index (χ1) is 7.91. The molecule has 0 amide bonds. The number of allylic oxidation sites excluding steroid dienone is 1. The van der Waals surface area contributed by atoms with Crippen molar-refractivity contribution >= 4 is 33.4 Å². The van der Waals surface area contributed by atoms with Crippen LogP contribution in [-0.2, 0) is 9.59 Å². The molecule has 0 aromatic heterocycles. The lowest BCUT2D eigenvalue weighted by Crippen LogP contribution is -2.08. The normalized spacial score (nSPS) is 11.9. The van der Waals surface area contributed by atoms with Crippen molar-refractivity contribution in [3.8, 4) is 0 Å². The minimum absolute atomic E-state index is 0.0974. The first-order valence-electron chi connectivity index (χ1n) is 4.82. The van der Waals surface area contributed by atoms with E-state index in [2.05, 4.69) is 15.9 Å². The SMILES string of the molecule is C/C(=C(/CC(=O)O)C(=O)O)c1ccc(Br)cc1. The van der Waals surface area contributed by atoms with Crippen molar-refractivity contribution in [2.24, 2.45) is 0 Å². The van der Waals surface area contributed by atoms with E-state index in [1.165, 1.54) is 0 Å². The lowest BCUT2D eigenvalue weighted by atomic mass is 9.99. The van der Waals surface area contributed by atoms with Gasteiger partial charge in [0.25, 0.3) is 0 Å². The molecule has 0 aliphatic heterocycles. The smallest absolute Gasteiger partial charge is 0.332 e. The van der Waals surface area contributed by atoms with Gasteiger partial charge < -0.3 is 10.2 Å². The van der Waals surface area contributed by atoms with Gasteiger partial charge >= 0.3 is 11.9 Å². The van der Waals surface area contributed by atoms with E-state index >= 15 is 0 Å². The molecule has 17 heavy (non-hydrogen) atoms. The van der Waals surface area contributed by atoms with Crippen molar-refractivity contribution in [2.45, 2.75) is 13.3 Å². The Hall–Kier alpha value is -1.62. The van der Waals surface area contributed by atoms with Crippen molar-refractivity contribution < 1.29 is 19.8 Å². The van der Waals surface area contributed by atoms with Crippen molar-refractivity contribution in [1.82, 2.24) is 0 Å². The molecule has 4 nitrogen and oxygen atoms in total. The average Bonchev–Trinajstić information content (AvgIpc) is 2.25. The third-order valence-corrected chi connectivity index (χ3v) is 2.84. The van der Waals surface area contributed by atoms with Gasteiger partial charge in [-0.15, -0.1) is 0 Å². The molecule has 0 aliphatic rings. The molecular weight excluding hydrogens is 288 g/mol. The topological polar surface area (TPSA) is 74.6 Å². The first-order valence-corrected chi connectivity index (χ1v) is 5.62. The molecule has 0 heterocycles. The molecule has 1 aromatic rings. The molecule has 5 heteroatoms. The second kappa shape index (κ2) is 5.63. The summed E-state index contributed by atoms with van der Waals surface area (Å²) in [6.45, 7) is 1.61. The Balaban J connectivity index is 3.19. The Labute approximate surface area is 107 Å². The molecule has 0 bridgehead atoms. The van der Waals surface area contributed by atoms with E-state index in [-0.39, 0.29) is 5.57 Å². The summed E-state index contributed by atoms with van der Waals surface area (Å²) in [5.74, 6) is -2.35. The van der Waals surface area contributed by atoms with Gasteiger partial charge in [-0.3, -0.25) is 4.79 Å². The minimum atomic E-state index is -1.20. The molecular formula is C12H11BrO4. The molecule has 0 unspecified atom stereocenters. The zero-order valence-electron chi connectivity index (χ0n) is 9.11. The fourth-order valence-electron chi connectivity index (χ4n) is 1.39. The van der Waals surface area contributed by atoms with Gasteiger partial charge in [0.15, 0.2) is 0 Å². The highest BCUT2D eigenvalue weighted by atomic mass is 79.9. The zero-order valence-corrected chi connectivity index (χ0v) is 10.7. The Kier molecular flexibility index (Phi) is 4.45. The molecule has 1 aromatic carbocycles. The van der Waals surface area contributed by atoms with Crippen molar-refractivity contribution in [1.29, 1.82) is 0 Å². The number of benzene rings is 1. The van der Waals surface area contributed by atoms with Crippen LogP contribution in [0.15, 0.2) is 34.3 Å². The van der Waals surface area contributed by atoms with E-state index in [1.807, 2.05) is 0 Å². The fourth-order valence-corrected chi connectivity index (χ4v) is 1.66. The number of hydrogen-bond acceptors (Lipinski definition) is 2. The summed E-state index contributed by atoms with van der Waals surface area (Å²) in [5.41, 5.74) is 1.07. The molecule has 90 valence electrons. The molecule has 0 saturated carbocycles. The van der Waals surface area contributed by atoms with Gasteiger partial charge in [-0.1, -0.05) is 28.1 Å². The van der Waals surface area contributed by atoms with Crippen LogP contribution in [0.2, 0.25) is 0 Å². The maximum absolute atomic E-state index is 11.0. The lowest BCUT2D eigenvalue weighted by molar-refractivity contribution is -0.139. The van der Waals surface area contributed by atoms with E-state index < -0.39 is 18.4 Å². The van der Waals surface area contributed by atoms with Crippen LogP contribution in [0.25, 0.3) is 5.57 Å². The summed E-state index contributed by atoms with van der Waals surface area (Å²) in [6.07, 6.45) is -0.489. The van der Waals surface area contributed by atoms with Crippen molar-refractivity contribution in [2.75, 3.05) is 0 Å². The summed E-state index contributed by atoms with van der Waals surface area (Å²) >= 11 is 3.27. The third-order valence-electron chi connectivity index (χ3n) is 2.32. The third kappa shape index (κ3) is 3.71. The highest BCUT2D eigenvalue weighted by Gasteiger charge is 2.16. The molecule has 1 rings (SSSR count). The van der Waals surface area contributed by atoms with Crippen LogP contribution in [-0.4, -0.2) is 22.2 Å². The van der Waals surface area contributed by atoms with Crippen LogP contribution >= 0.6 is 15.9 Å². The van der Waals surface area contributed by atoms with Crippen LogP contribution in [0, 0.1) is 0 Å². The van der Waals surface area contributed by atoms with E-state index in [1.54, 1.807) is 31.2 Å². The van der Waals surface area contributed by atoms with E-state index in [9.17, 15) is 9.59 Å². The zero-order chi connectivity index (χ0) is 13.0. The highest BCUT2D eigenvalue weighted by Crippen LogP contribution is 2.22. The number of halogens is 1. The minimum Gasteiger partial charge on any atom is -0.481 e. The largest absolute Gasteiger partial charge is 0.481 e. The van der Waals surface area contributed by atoms with Gasteiger partial charge in [-0.2, -0.15) is 0 Å². The summed E-state index contributed by atoms with van der Waals surface area (Å²) in [7, 11) is 0. The number of hydrogen-bond donors (Lipinski definition) is 2. The first kappa shape index (κ1) is 13.4. The number of carboxylic acids is 2. The highest BCUT2D eigenvalue weighted by molar-refractivity contribution is 9.10. The quantitative estimate of drug-likeness (QED) is 0.838. The molecule has 0 fully saturated rings. The maximum Gasteiger partial charge on any atom is 0.332 e. The van der Waals surface area contributed by atoms with Crippen LogP contribution in [0.4, 0.5) is 0 Å². The molecule has 0 saturated heterocycles. The monoisotopic (exact) mass is 298 g/mol. The lowest BCUT2D eigenvalue weighted by Gasteiger charge is -2.07. The summed E-state index contributed by atoms with van der Waals surface area (Å²) in [4.78, 5) is 21.6. The van der Waals surface area contributed by atoms with Gasteiger partial charge in [0.05, 0.1) is 12.0 Å². The Bertz CT molecular complexity index is 474. The van der Waals surface area contributed by atoms with Crippen LogP contribution in [0.3, 0.4) is 0 Å². The number of rotatable bonds is 4. The van der Waals surface area contributed by atoms with Gasteiger partial charge in [-0.25, -0.2) is 4.79 Å². The van der Waals surface area contributed by atoms with Crippen molar-refractivity contribution in [3.05, 3.63) is 39.9 Å². The Morgan fingerprint density at radius 3 is 2.12 bits per heavy atom. The van der Waals surface area contributed by atoms with Crippen molar-refractivity contribution in [3.63, 3.8) is 0 Å². The van der Waals surface area contributed by atoms with Crippen LogP contribution < -0.4 is 0 Å². The van der Waals surface area contributed by atoms with Crippen LogP contribution in [0.5, 0.6) is 0 Å². The maximum atomic E-state index is 11.0. The second-order valence-corrected chi connectivity index (χ2v) is 4.40. The molecule has 0 aliphatic carbocycles. The van der Waals surface area contributed by atoms with E-state index in [0.717, 1.165) is 4.47 Å². The standard InChI is InChI=1S/C12H11BrO4/c1-7(8-2-4-9(13)5-3-8)10(12(16)17)6-11(14)15/h2-5H,6H2,1H3,(H,14,15)(H,16,17)/b10-7+. The Morgan fingerprint density at radius 2 is 1.71 bits per heavy atom. The van der Waals surface area contributed by atoms with Gasteiger partial charge in [0.2, 0.25) is 0 Å². The Morgan fingerprint density at radius 1 is 1.18 bits per heavy atom. The number of aliphatic carboxylic acids is 2. The van der Waals surface area contributed by atoms with E-state index in [0.29, 0.717) is 11.1 Å². The van der Waals surface area contributed by atoms with Crippen LogP contribution in [0.1, 0.15) is 18.9 Å². The number of carboxylic acid groups (broad SMARTS) is 2. The predicted molar refractivity (Wildman–Crippen MR) is 66.6 cm³/mol. The van der Waals surface area contributed by atoms with Gasteiger partial charge in [-0.05, 0) is 30.2 Å². The average molecular weight is 299 g/mol. The van der Waals surface area contributed by atoms with Gasteiger partial charge in [0.1, 0.15) is 0 Å². The predicted octanol–water partition coefficient (Wildman–Crippen LogP) is 2.78. The summed E-state index contributed by atoms with van der Waals surface area (Å²) < 4.78 is 0.879. The second-order valence-electron chi connectivity index (χ2n) is 3.49. The summed E-state index contributed by atoms with van der Waals surface area (Å²) in [5, 5.41) is 17.6. The van der Waals surface area contributed by atoms with E-state index in [4.69, 9.17) is 10.2 Å². The molecule has 0 radical (unpaired) electrons. The fraction of sp³-hybridized carbons (Fsp3) is 0.167. The molecule has 0 spiro atoms.